The normalized spacial score (nSPS) is 20.0. The molecular weight excluding hydrogens is 323 g/mol. The lowest BCUT2D eigenvalue weighted by Crippen LogP contribution is -2.30. The van der Waals surface area contributed by atoms with Crippen LogP contribution in [0.5, 0.6) is 5.75 Å². The third-order valence-corrected chi connectivity index (χ3v) is 4.04. The van der Waals surface area contributed by atoms with Crippen LogP contribution in [0.15, 0.2) is 18.2 Å². The fourth-order valence-electron chi connectivity index (χ4n) is 2.85. The van der Waals surface area contributed by atoms with E-state index in [0.717, 1.165) is 19.3 Å². The first-order chi connectivity index (χ1) is 10.7. The Morgan fingerprint density at radius 2 is 2.17 bits per heavy atom. The van der Waals surface area contributed by atoms with E-state index in [-0.39, 0.29) is 30.2 Å². The first kappa shape index (κ1) is 19.7. The van der Waals surface area contributed by atoms with Crippen molar-refractivity contribution < 1.29 is 18.7 Å². The van der Waals surface area contributed by atoms with Crippen LogP contribution in [0.3, 0.4) is 0 Å². The lowest BCUT2D eigenvalue weighted by Gasteiger charge is -2.19. The molecule has 0 aromatic heterocycles. The van der Waals surface area contributed by atoms with Gasteiger partial charge in [-0.15, -0.1) is 12.4 Å². The van der Waals surface area contributed by atoms with Crippen molar-refractivity contribution in [2.45, 2.75) is 19.3 Å². The van der Waals surface area contributed by atoms with Gasteiger partial charge in [-0.05, 0) is 37.4 Å². The van der Waals surface area contributed by atoms with Crippen molar-refractivity contribution in [1.82, 2.24) is 0 Å². The van der Waals surface area contributed by atoms with E-state index in [2.05, 4.69) is 5.32 Å². The van der Waals surface area contributed by atoms with E-state index in [0.29, 0.717) is 31.2 Å². The van der Waals surface area contributed by atoms with Crippen LogP contribution in [-0.2, 0) is 9.53 Å². The van der Waals surface area contributed by atoms with Crippen LogP contribution >= 0.6 is 12.4 Å². The first-order valence-corrected chi connectivity index (χ1v) is 7.58. The number of hydrogen-bond donors (Lipinski definition) is 2. The summed E-state index contributed by atoms with van der Waals surface area (Å²) in [4.78, 5) is 12.4. The van der Waals surface area contributed by atoms with Gasteiger partial charge in [-0.25, -0.2) is 4.39 Å². The Labute approximate surface area is 142 Å². The molecule has 23 heavy (non-hydrogen) atoms. The van der Waals surface area contributed by atoms with Gasteiger partial charge < -0.3 is 20.5 Å². The van der Waals surface area contributed by atoms with E-state index in [1.807, 2.05) is 0 Å². The molecule has 130 valence electrons. The molecule has 1 fully saturated rings. The third kappa shape index (κ3) is 5.34. The number of methoxy groups -OCH3 is 1. The highest BCUT2D eigenvalue weighted by atomic mass is 35.5. The predicted octanol–water partition coefficient (Wildman–Crippen LogP) is 2.59. The van der Waals surface area contributed by atoms with Crippen LogP contribution in [0.4, 0.5) is 10.1 Å². The van der Waals surface area contributed by atoms with Gasteiger partial charge in [-0.3, -0.25) is 4.79 Å². The Bertz CT molecular complexity index is 516. The fourth-order valence-corrected chi connectivity index (χ4v) is 2.85. The van der Waals surface area contributed by atoms with Gasteiger partial charge in [0.25, 0.3) is 0 Å². The molecule has 1 aliphatic carbocycles. The van der Waals surface area contributed by atoms with Crippen molar-refractivity contribution in [2.24, 2.45) is 17.6 Å². The summed E-state index contributed by atoms with van der Waals surface area (Å²) < 4.78 is 23.9. The molecule has 0 aliphatic heterocycles. The zero-order valence-electron chi connectivity index (χ0n) is 13.2. The maximum atomic E-state index is 13.5. The Morgan fingerprint density at radius 1 is 1.39 bits per heavy atom. The summed E-state index contributed by atoms with van der Waals surface area (Å²) in [7, 11) is 1.57. The molecule has 0 unspecified atom stereocenters. The maximum Gasteiger partial charge on any atom is 0.227 e. The molecule has 7 heteroatoms. The van der Waals surface area contributed by atoms with Gasteiger partial charge in [0.05, 0.1) is 12.3 Å². The number of rotatable bonds is 7. The molecule has 5 nitrogen and oxygen atoms in total. The summed E-state index contributed by atoms with van der Waals surface area (Å²) >= 11 is 0. The maximum absolute atomic E-state index is 13.5. The number of hydrogen-bond acceptors (Lipinski definition) is 4. The van der Waals surface area contributed by atoms with Crippen LogP contribution in [0.25, 0.3) is 0 Å². The second-order valence-corrected chi connectivity index (χ2v) is 5.50. The van der Waals surface area contributed by atoms with Gasteiger partial charge in [0.2, 0.25) is 5.91 Å². The molecule has 0 heterocycles. The number of benzene rings is 1. The van der Waals surface area contributed by atoms with Crippen molar-refractivity contribution in [3.05, 3.63) is 24.0 Å². The van der Waals surface area contributed by atoms with Crippen LogP contribution in [-0.4, -0.2) is 32.8 Å². The van der Waals surface area contributed by atoms with E-state index < -0.39 is 5.82 Å². The number of ether oxygens (including phenoxy) is 2. The molecule has 1 aliphatic rings. The molecule has 0 radical (unpaired) electrons. The summed E-state index contributed by atoms with van der Waals surface area (Å²) in [6.07, 6.45) is 2.79. The van der Waals surface area contributed by atoms with Crippen LogP contribution in [0.1, 0.15) is 19.3 Å². The number of carbonyl (C=O) groups is 1. The summed E-state index contributed by atoms with van der Waals surface area (Å²) in [6, 6.07) is 4.08. The standard InChI is InChI=1S/C16H23FN2O3.ClH/c1-21-7-8-22-15-6-5-12(17)9-14(15)19-16(20)13-4-2-3-11(13)10-18;/h5-6,9,11,13H,2-4,7-8,10,18H2,1H3,(H,19,20);1H/t11-,13-;/m1./s1. The summed E-state index contributed by atoms with van der Waals surface area (Å²) in [6.45, 7) is 1.25. The minimum atomic E-state index is -0.420. The Balaban J connectivity index is 0.00000264. The molecule has 0 bridgehead atoms. The van der Waals surface area contributed by atoms with Crippen molar-refractivity contribution in [3.8, 4) is 5.75 Å². The molecule has 0 spiro atoms. The molecule has 1 amide bonds. The highest BCUT2D eigenvalue weighted by molar-refractivity contribution is 5.94. The van der Waals surface area contributed by atoms with Crippen molar-refractivity contribution in [3.63, 3.8) is 0 Å². The molecule has 1 saturated carbocycles. The van der Waals surface area contributed by atoms with E-state index in [1.165, 1.54) is 18.2 Å². The number of anilines is 1. The third-order valence-electron chi connectivity index (χ3n) is 4.04. The minimum Gasteiger partial charge on any atom is -0.489 e. The summed E-state index contributed by atoms with van der Waals surface area (Å²) in [5.41, 5.74) is 6.06. The summed E-state index contributed by atoms with van der Waals surface area (Å²) in [5.74, 6) is -0.00747. The van der Waals surface area contributed by atoms with E-state index >= 15 is 0 Å². The van der Waals surface area contributed by atoms with Crippen LogP contribution < -0.4 is 15.8 Å². The van der Waals surface area contributed by atoms with E-state index in [1.54, 1.807) is 7.11 Å². The molecule has 3 N–H and O–H groups in total. The van der Waals surface area contributed by atoms with Crippen LogP contribution in [0, 0.1) is 17.7 Å². The lowest BCUT2D eigenvalue weighted by molar-refractivity contribution is -0.120. The second kappa shape index (κ2) is 9.70. The monoisotopic (exact) mass is 346 g/mol. The Kier molecular flexibility index (Phi) is 8.30. The van der Waals surface area contributed by atoms with E-state index in [9.17, 15) is 9.18 Å². The Hall–Kier alpha value is -1.37. The van der Waals surface area contributed by atoms with Gasteiger partial charge >= 0.3 is 0 Å². The van der Waals surface area contributed by atoms with E-state index in [4.69, 9.17) is 15.2 Å². The zero-order valence-corrected chi connectivity index (χ0v) is 14.0. The smallest absolute Gasteiger partial charge is 0.227 e. The molecular formula is C16H24ClFN2O3. The highest BCUT2D eigenvalue weighted by Crippen LogP contribution is 2.33. The largest absolute Gasteiger partial charge is 0.489 e. The summed E-state index contributed by atoms with van der Waals surface area (Å²) in [5, 5.41) is 2.78. The fraction of sp³-hybridized carbons (Fsp3) is 0.562. The second-order valence-electron chi connectivity index (χ2n) is 5.50. The molecule has 0 saturated heterocycles. The number of nitrogens with one attached hydrogen (secondary N) is 1. The molecule has 2 atom stereocenters. The van der Waals surface area contributed by atoms with Crippen molar-refractivity contribution in [1.29, 1.82) is 0 Å². The average Bonchev–Trinajstić information content (AvgIpc) is 2.98. The Morgan fingerprint density at radius 3 is 2.87 bits per heavy atom. The number of nitrogens with two attached hydrogens (primary N) is 1. The highest BCUT2D eigenvalue weighted by Gasteiger charge is 2.32. The van der Waals surface area contributed by atoms with Gasteiger partial charge in [-0.1, -0.05) is 6.42 Å². The minimum absolute atomic E-state index is 0. The van der Waals surface area contributed by atoms with Crippen LogP contribution in [0.2, 0.25) is 0 Å². The topological polar surface area (TPSA) is 73.6 Å². The molecule has 2 rings (SSSR count). The number of carbonyl (C=O) groups excluding carboxylic acids is 1. The van der Waals surface area contributed by atoms with Gasteiger partial charge in [-0.2, -0.15) is 0 Å². The zero-order chi connectivity index (χ0) is 15.9. The molecule has 1 aromatic rings. The van der Waals surface area contributed by atoms with Gasteiger partial charge in [0.15, 0.2) is 0 Å². The first-order valence-electron chi connectivity index (χ1n) is 7.58. The average molecular weight is 347 g/mol. The SMILES string of the molecule is COCCOc1ccc(F)cc1NC(=O)[C@@H]1CCC[C@@H]1CN.Cl. The molecule has 1 aromatic carbocycles. The van der Waals surface area contributed by atoms with Crippen molar-refractivity contribution >= 4 is 24.0 Å². The van der Waals surface area contributed by atoms with Gasteiger partial charge in [0.1, 0.15) is 18.2 Å². The number of amides is 1. The predicted molar refractivity (Wildman–Crippen MR) is 89.5 cm³/mol. The van der Waals surface area contributed by atoms with Gasteiger partial charge in [0, 0.05) is 19.1 Å². The number of halogens is 2. The lowest BCUT2D eigenvalue weighted by atomic mass is 9.95. The van der Waals surface area contributed by atoms with Crippen molar-refractivity contribution in [2.75, 3.05) is 32.2 Å². The quantitative estimate of drug-likeness (QED) is 0.744.